The minimum atomic E-state index is -0.879. The van der Waals surface area contributed by atoms with Crippen LogP contribution in [0.25, 0.3) is 11.1 Å². The molecule has 0 radical (unpaired) electrons. The van der Waals surface area contributed by atoms with Crippen LogP contribution in [0, 0.1) is 12.3 Å². The molecule has 0 saturated carbocycles. The van der Waals surface area contributed by atoms with Gasteiger partial charge in [-0.25, -0.2) is 4.79 Å². The van der Waals surface area contributed by atoms with Crippen molar-refractivity contribution in [1.29, 1.82) is 0 Å². The molecule has 2 aromatic carbocycles. The van der Waals surface area contributed by atoms with Crippen molar-refractivity contribution in [1.82, 2.24) is 16.0 Å². The molecule has 3 amide bonds. The average Bonchev–Trinajstić information content (AvgIpc) is 3.09. The number of alkyl carbamates (subject to hydrolysis) is 1. The Morgan fingerprint density at radius 1 is 1.03 bits per heavy atom. The number of amides is 3. The van der Waals surface area contributed by atoms with Gasteiger partial charge >= 0.3 is 6.09 Å². The van der Waals surface area contributed by atoms with Crippen molar-refractivity contribution >= 4 is 17.9 Å². The zero-order valence-electron chi connectivity index (χ0n) is 17.3. The molecule has 7 heteroatoms. The summed E-state index contributed by atoms with van der Waals surface area (Å²) < 4.78 is 5.49. The summed E-state index contributed by atoms with van der Waals surface area (Å²) in [6.07, 6.45) is 4.69. The van der Waals surface area contributed by atoms with Crippen LogP contribution in [-0.4, -0.2) is 43.6 Å². The number of hydrogen-bond acceptors (Lipinski definition) is 4. The fourth-order valence-electron chi connectivity index (χ4n) is 3.71. The molecular weight excluding hydrogens is 394 g/mol. The zero-order valence-corrected chi connectivity index (χ0v) is 17.3. The maximum absolute atomic E-state index is 12.5. The lowest BCUT2D eigenvalue weighted by Crippen LogP contribution is -2.48. The number of carbonyl (C=O) groups excluding carboxylic acids is 3. The van der Waals surface area contributed by atoms with E-state index in [1.807, 2.05) is 36.4 Å². The van der Waals surface area contributed by atoms with E-state index in [4.69, 9.17) is 11.2 Å². The summed E-state index contributed by atoms with van der Waals surface area (Å²) in [6.45, 7) is 1.80. The van der Waals surface area contributed by atoms with E-state index >= 15 is 0 Å². The van der Waals surface area contributed by atoms with Crippen LogP contribution in [-0.2, 0) is 14.3 Å². The molecule has 7 nitrogen and oxygen atoms in total. The molecule has 0 saturated heterocycles. The van der Waals surface area contributed by atoms with Crippen LogP contribution in [0.4, 0.5) is 4.79 Å². The summed E-state index contributed by atoms with van der Waals surface area (Å²) >= 11 is 0. The minimum Gasteiger partial charge on any atom is -0.449 e. The predicted molar refractivity (Wildman–Crippen MR) is 117 cm³/mol. The molecule has 1 atom stereocenters. The lowest BCUT2D eigenvalue weighted by atomic mass is 9.98. The molecule has 0 spiro atoms. The Labute approximate surface area is 181 Å². The van der Waals surface area contributed by atoms with Gasteiger partial charge in [0.05, 0.1) is 6.54 Å². The molecule has 0 aromatic heterocycles. The number of hydrogen-bond donors (Lipinski definition) is 3. The van der Waals surface area contributed by atoms with Crippen LogP contribution >= 0.6 is 0 Å². The molecule has 3 rings (SSSR count). The summed E-state index contributed by atoms with van der Waals surface area (Å²) in [4.78, 5) is 35.9. The SMILES string of the molecule is C#CCNC(=O)[C@H](CCNC(C)=O)NC(=O)OCC1c2ccccc2-c2ccccc21. The van der Waals surface area contributed by atoms with Gasteiger partial charge in [0.15, 0.2) is 0 Å². The molecule has 0 aliphatic heterocycles. The van der Waals surface area contributed by atoms with Crippen molar-refractivity contribution < 1.29 is 19.1 Å². The molecule has 0 fully saturated rings. The second-order valence-electron chi connectivity index (χ2n) is 7.22. The number of ether oxygens (including phenoxy) is 1. The third kappa shape index (κ3) is 5.43. The van der Waals surface area contributed by atoms with Gasteiger partial charge in [-0.15, -0.1) is 6.42 Å². The van der Waals surface area contributed by atoms with E-state index in [9.17, 15) is 14.4 Å². The topological polar surface area (TPSA) is 96.5 Å². The van der Waals surface area contributed by atoms with Crippen molar-refractivity contribution in [3.05, 3.63) is 59.7 Å². The molecule has 3 N–H and O–H groups in total. The van der Waals surface area contributed by atoms with Crippen LogP contribution in [0.5, 0.6) is 0 Å². The van der Waals surface area contributed by atoms with Crippen molar-refractivity contribution in [2.24, 2.45) is 0 Å². The summed E-state index contributed by atoms with van der Waals surface area (Å²) in [7, 11) is 0. The first-order valence-corrected chi connectivity index (χ1v) is 10.1. The Morgan fingerprint density at radius 2 is 1.65 bits per heavy atom. The van der Waals surface area contributed by atoms with E-state index in [1.165, 1.54) is 6.92 Å². The van der Waals surface area contributed by atoms with Crippen molar-refractivity contribution in [3.63, 3.8) is 0 Å². The smallest absolute Gasteiger partial charge is 0.407 e. The van der Waals surface area contributed by atoms with E-state index in [2.05, 4.69) is 34.0 Å². The molecule has 160 valence electrons. The maximum Gasteiger partial charge on any atom is 0.407 e. The normalized spacial score (nSPS) is 12.6. The molecular formula is C24H25N3O4. The second kappa shape index (κ2) is 10.3. The average molecular weight is 419 g/mol. The molecule has 31 heavy (non-hydrogen) atoms. The van der Waals surface area contributed by atoms with Gasteiger partial charge in [0.1, 0.15) is 12.6 Å². The summed E-state index contributed by atoms with van der Waals surface area (Å²) in [5, 5.41) is 7.73. The number of rotatable bonds is 8. The first kappa shape index (κ1) is 21.9. The first-order chi connectivity index (χ1) is 15.0. The highest BCUT2D eigenvalue weighted by atomic mass is 16.5. The lowest BCUT2D eigenvalue weighted by Gasteiger charge is -2.19. The van der Waals surface area contributed by atoms with E-state index in [0.29, 0.717) is 0 Å². The second-order valence-corrected chi connectivity index (χ2v) is 7.22. The van der Waals surface area contributed by atoms with E-state index < -0.39 is 18.0 Å². The molecule has 1 aliphatic carbocycles. The predicted octanol–water partition coefficient (Wildman–Crippen LogP) is 2.17. The maximum atomic E-state index is 12.5. The Balaban J connectivity index is 1.64. The molecule has 0 heterocycles. The van der Waals surface area contributed by atoms with E-state index in [-0.39, 0.29) is 37.9 Å². The third-order valence-electron chi connectivity index (χ3n) is 5.12. The van der Waals surface area contributed by atoms with Crippen molar-refractivity contribution in [3.8, 4) is 23.5 Å². The summed E-state index contributed by atoms with van der Waals surface area (Å²) in [6, 6.07) is 15.2. The Kier molecular flexibility index (Phi) is 7.28. The van der Waals surface area contributed by atoms with Gasteiger partial charge in [-0.2, -0.15) is 0 Å². The fraction of sp³-hybridized carbons (Fsp3) is 0.292. The molecule has 0 bridgehead atoms. The highest BCUT2D eigenvalue weighted by Gasteiger charge is 2.29. The number of carbonyl (C=O) groups is 3. The summed E-state index contributed by atoms with van der Waals surface area (Å²) in [5.74, 6) is 1.59. The standard InChI is InChI=1S/C24H25N3O4/c1-3-13-26-23(29)22(12-14-25-16(2)28)27-24(30)31-15-21-19-10-6-4-8-17(19)18-9-5-7-11-20(18)21/h1,4-11,21-22H,12-15H2,2H3,(H,25,28)(H,26,29)(H,27,30)/t22-/m0/s1. The van der Waals surface area contributed by atoms with Gasteiger partial charge in [-0.1, -0.05) is 54.5 Å². The van der Waals surface area contributed by atoms with E-state index in [0.717, 1.165) is 22.3 Å². The highest BCUT2D eigenvalue weighted by molar-refractivity contribution is 5.86. The molecule has 2 aromatic rings. The number of terminal acetylenes is 1. The van der Waals surface area contributed by atoms with Crippen LogP contribution in [0.1, 0.15) is 30.4 Å². The van der Waals surface area contributed by atoms with Gasteiger partial charge in [0.25, 0.3) is 0 Å². The Hall–Kier alpha value is -3.79. The van der Waals surface area contributed by atoms with Crippen molar-refractivity contribution in [2.75, 3.05) is 19.7 Å². The van der Waals surface area contributed by atoms with Gasteiger partial charge in [-0.3, -0.25) is 9.59 Å². The first-order valence-electron chi connectivity index (χ1n) is 10.1. The largest absolute Gasteiger partial charge is 0.449 e. The van der Waals surface area contributed by atoms with Gasteiger partial charge in [-0.05, 0) is 28.7 Å². The Morgan fingerprint density at radius 3 is 2.23 bits per heavy atom. The summed E-state index contributed by atoms with van der Waals surface area (Å²) in [5.41, 5.74) is 4.47. The van der Waals surface area contributed by atoms with Gasteiger partial charge in [0.2, 0.25) is 11.8 Å². The van der Waals surface area contributed by atoms with Crippen LogP contribution in [0.15, 0.2) is 48.5 Å². The number of nitrogens with one attached hydrogen (secondary N) is 3. The quantitative estimate of drug-likeness (QED) is 0.572. The zero-order chi connectivity index (χ0) is 22.2. The van der Waals surface area contributed by atoms with Crippen LogP contribution in [0.2, 0.25) is 0 Å². The monoisotopic (exact) mass is 419 g/mol. The van der Waals surface area contributed by atoms with Crippen LogP contribution in [0.3, 0.4) is 0 Å². The van der Waals surface area contributed by atoms with Gasteiger partial charge < -0.3 is 20.7 Å². The highest BCUT2D eigenvalue weighted by Crippen LogP contribution is 2.44. The molecule has 0 unspecified atom stereocenters. The van der Waals surface area contributed by atoms with Crippen molar-refractivity contribution in [2.45, 2.75) is 25.3 Å². The minimum absolute atomic E-state index is 0.0435. The van der Waals surface area contributed by atoms with E-state index in [1.54, 1.807) is 0 Å². The lowest BCUT2D eigenvalue weighted by molar-refractivity contribution is -0.123. The number of fused-ring (bicyclic) bond motifs is 3. The third-order valence-corrected chi connectivity index (χ3v) is 5.12. The number of benzene rings is 2. The van der Waals surface area contributed by atoms with Gasteiger partial charge in [0, 0.05) is 19.4 Å². The Bertz CT molecular complexity index is 966. The fourth-order valence-corrected chi connectivity index (χ4v) is 3.71. The molecule has 1 aliphatic rings. The van der Waals surface area contributed by atoms with Crippen LogP contribution < -0.4 is 16.0 Å².